The summed E-state index contributed by atoms with van der Waals surface area (Å²) in [6.07, 6.45) is -0.177. The number of ether oxygens (including phenoxy) is 1. The Hall–Kier alpha value is -2.75. The summed E-state index contributed by atoms with van der Waals surface area (Å²) in [5.41, 5.74) is -0.220. The highest BCUT2D eigenvalue weighted by Gasteiger charge is 2.14. The number of nitrogens with one attached hydrogen (secondary N) is 3. The third-order valence-electron chi connectivity index (χ3n) is 3.02. The van der Waals surface area contributed by atoms with Gasteiger partial charge in [0.25, 0.3) is 5.56 Å². The third kappa shape index (κ3) is 4.62. The SMILES string of the molecule is CCOC(=O)Cc1csc(NC(=O)Cc2c(C)[nH]c(=O)[nH]c2=O)n1. The van der Waals surface area contributed by atoms with E-state index in [4.69, 9.17) is 4.74 Å². The largest absolute Gasteiger partial charge is 0.466 e. The number of nitrogens with zero attached hydrogens (tertiary/aromatic N) is 1. The molecule has 0 unspecified atom stereocenters. The topological polar surface area (TPSA) is 134 Å². The molecular weight excluding hydrogens is 336 g/mol. The van der Waals surface area contributed by atoms with Gasteiger partial charge in [-0.1, -0.05) is 0 Å². The van der Waals surface area contributed by atoms with E-state index in [1.165, 1.54) is 0 Å². The van der Waals surface area contributed by atoms with Gasteiger partial charge in [-0.3, -0.25) is 19.4 Å². The Kier molecular flexibility index (Phi) is 5.64. The van der Waals surface area contributed by atoms with Crippen molar-refractivity contribution in [1.29, 1.82) is 0 Å². The van der Waals surface area contributed by atoms with Crippen molar-refractivity contribution in [3.05, 3.63) is 43.2 Å². The van der Waals surface area contributed by atoms with Crippen molar-refractivity contribution in [3.8, 4) is 0 Å². The number of carbonyl (C=O) groups is 2. The molecule has 0 aliphatic rings. The molecule has 0 saturated carbocycles. The number of H-pyrrole nitrogens is 2. The summed E-state index contributed by atoms with van der Waals surface area (Å²) >= 11 is 1.16. The van der Waals surface area contributed by atoms with E-state index < -0.39 is 23.1 Å². The molecule has 9 nitrogen and oxygen atoms in total. The Labute approximate surface area is 140 Å². The molecule has 0 atom stereocenters. The van der Waals surface area contributed by atoms with Crippen molar-refractivity contribution in [2.75, 3.05) is 11.9 Å². The molecule has 0 radical (unpaired) electrons. The van der Waals surface area contributed by atoms with Crippen LogP contribution >= 0.6 is 11.3 Å². The van der Waals surface area contributed by atoms with Crippen LogP contribution in [0.5, 0.6) is 0 Å². The standard InChI is InChI=1S/C14H16N4O5S/c1-3-23-11(20)4-8-6-24-14(16-8)17-10(19)5-9-7(2)15-13(22)18-12(9)21/h6H,3-5H2,1-2H3,(H,16,17,19)(H2,15,18,21,22). The molecule has 2 aromatic heterocycles. The lowest BCUT2D eigenvalue weighted by Crippen LogP contribution is -2.29. The highest BCUT2D eigenvalue weighted by molar-refractivity contribution is 7.13. The predicted octanol–water partition coefficient (Wildman–Crippen LogP) is 0.115. The number of rotatable bonds is 6. The van der Waals surface area contributed by atoms with Gasteiger partial charge < -0.3 is 15.0 Å². The monoisotopic (exact) mass is 352 g/mol. The van der Waals surface area contributed by atoms with Crippen molar-refractivity contribution in [2.45, 2.75) is 26.7 Å². The van der Waals surface area contributed by atoms with E-state index in [1.54, 1.807) is 19.2 Å². The fourth-order valence-electron chi connectivity index (χ4n) is 1.97. The molecule has 24 heavy (non-hydrogen) atoms. The summed E-state index contributed by atoms with van der Waals surface area (Å²) in [5.74, 6) is -0.844. The molecule has 128 valence electrons. The van der Waals surface area contributed by atoms with Crippen molar-refractivity contribution in [3.63, 3.8) is 0 Å². The van der Waals surface area contributed by atoms with Gasteiger partial charge in [0.1, 0.15) is 0 Å². The van der Waals surface area contributed by atoms with E-state index in [1.807, 2.05) is 0 Å². The fourth-order valence-corrected chi connectivity index (χ4v) is 2.69. The normalized spacial score (nSPS) is 10.4. The van der Waals surface area contributed by atoms with Crippen molar-refractivity contribution in [1.82, 2.24) is 15.0 Å². The maximum absolute atomic E-state index is 12.0. The summed E-state index contributed by atoms with van der Waals surface area (Å²) in [7, 11) is 0. The van der Waals surface area contributed by atoms with E-state index in [0.29, 0.717) is 23.1 Å². The Bertz CT molecular complexity index is 867. The van der Waals surface area contributed by atoms with Crippen LogP contribution in [0, 0.1) is 6.92 Å². The van der Waals surface area contributed by atoms with E-state index in [-0.39, 0.29) is 18.4 Å². The second-order valence-electron chi connectivity index (χ2n) is 4.86. The second kappa shape index (κ2) is 7.68. The van der Waals surface area contributed by atoms with Crippen LogP contribution in [0.2, 0.25) is 0 Å². The van der Waals surface area contributed by atoms with Gasteiger partial charge in [0.05, 0.1) is 25.1 Å². The van der Waals surface area contributed by atoms with E-state index in [2.05, 4.69) is 20.3 Å². The number of aromatic nitrogens is 3. The molecule has 0 spiro atoms. The number of carbonyl (C=O) groups excluding carboxylic acids is 2. The quantitative estimate of drug-likeness (QED) is 0.632. The van der Waals surface area contributed by atoms with Gasteiger partial charge >= 0.3 is 11.7 Å². The van der Waals surface area contributed by atoms with Gasteiger partial charge in [-0.15, -0.1) is 11.3 Å². The van der Waals surface area contributed by atoms with Gasteiger partial charge in [-0.2, -0.15) is 0 Å². The van der Waals surface area contributed by atoms with Gasteiger partial charge in [0.15, 0.2) is 5.13 Å². The van der Waals surface area contributed by atoms with Gasteiger partial charge in [0, 0.05) is 16.6 Å². The fraction of sp³-hybridized carbons (Fsp3) is 0.357. The minimum absolute atomic E-state index is 0.0267. The van der Waals surface area contributed by atoms with E-state index >= 15 is 0 Å². The van der Waals surface area contributed by atoms with Gasteiger partial charge in [0.2, 0.25) is 5.91 Å². The van der Waals surface area contributed by atoms with Crippen LogP contribution in [-0.2, 0) is 27.2 Å². The highest BCUT2D eigenvalue weighted by atomic mass is 32.1. The summed E-state index contributed by atoms with van der Waals surface area (Å²) in [4.78, 5) is 54.9. The van der Waals surface area contributed by atoms with Crippen LogP contribution in [0.4, 0.5) is 5.13 Å². The lowest BCUT2D eigenvalue weighted by molar-refractivity contribution is -0.142. The summed E-state index contributed by atoms with van der Waals surface area (Å²) in [6.45, 7) is 3.55. The lowest BCUT2D eigenvalue weighted by atomic mass is 10.1. The minimum atomic E-state index is -0.620. The first-order chi connectivity index (χ1) is 11.4. The maximum Gasteiger partial charge on any atom is 0.325 e. The lowest BCUT2D eigenvalue weighted by Gasteiger charge is -2.04. The smallest absolute Gasteiger partial charge is 0.325 e. The second-order valence-corrected chi connectivity index (χ2v) is 5.72. The van der Waals surface area contributed by atoms with E-state index in [0.717, 1.165) is 11.3 Å². The molecule has 10 heteroatoms. The number of thiazole rings is 1. The average Bonchev–Trinajstić information content (AvgIpc) is 2.90. The number of aryl methyl sites for hydroxylation is 1. The molecular formula is C14H16N4O5S. The van der Waals surface area contributed by atoms with Crippen molar-refractivity contribution in [2.24, 2.45) is 0 Å². The highest BCUT2D eigenvalue weighted by Crippen LogP contribution is 2.16. The van der Waals surface area contributed by atoms with E-state index in [9.17, 15) is 19.2 Å². The molecule has 3 N–H and O–H groups in total. The zero-order valence-corrected chi connectivity index (χ0v) is 13.9. The minimum Gasteiger partial charge on any atom is -0.466 e. The zero-order chi connectivity index (χ0) is 17.7. The number of hydrogen-bond acceptors (Lipinski definition) is 7. The molecule has 0 aliphatic carbocycles. The van der Waals surface area contributed by atoms with Crippen LogP contribution in [0.3, 0.4) is 0 Å². The van der Waals surface area contributed by atoms with Gasteiger partial charge in [-0.25, -0.2) is 9.78 Å². The molecule has 0 fully saturated rings. The van der Waals surface area contributed by atoms with Crippen LogP contribution in [0.25, 0.3) is 0 Å². The number of aromatic amines is 2. The van der Waals surface area contributed by atoms with Crippen LogP contribution in [-0.4, -0.2) is 33.4 Å². The zero-order valence-electron chi connectivity index (χ0n) is 13.1. The Morgan fingerprint density at radius 2 is 2.04 bits per heavy atom. The molecule has 1 amide bonds. The summed E-state index contributed by atoms with van der Waals surface area (Å²) in [6, 6.07) is 0. The first kappa shape index (κ1) is 17.6. The number of esters is 1. The van der Waals surface area contributed by atoms with Crippen molar-refractivity contribution >= 4 is 28.3 Å². The molecule has 2 heterocycles. The van der Waals surface area contributed by atoms with Crippen LogP contribution in [0.1, 0.15) is 23.9 Å². The van der Waals surface area contributed by atoms with Crippen LogP contribution < -0.4 is 16.6 Å². The molecule has 2 aromatic rings. The maximum atomic E-state index is 12.0. The summed E-state index contributed by atoms with van der Waals surface area (Å²) in [5, 5.41) is 4.52. The first-order valence-corrected chi connectivity index (χ1v) is 7.99. The molecule has 0 aromatic carbocycles. The number of anilines is 1. The number of hydrogen-bond donors (Lipinski definition) is 3. The Balaban J connectivity index is 2.01. The molecule has 0 bridgehead atoms. The third-order valence-corrected chi connectivity index (χ3v) is 3.83. The molecule has 2 rings (SSSR count). The predicted molar refractivity (Wildman–Crippen MR) is 87.2 cm³/mol. The van der Waals surface area contributed by atoms with Crippen molar-refractivity contribution < 1.29 is 14.3 Å². The Morgan fingerprint density at radius 1 is 1.29 bits per heavy atom. The first-order valence-electron chi connectivity index (χ1n) is 7.11. The number of amides is 1. The molecule has 0 aliphatic heterocycles. The van der Waals surface area contributed by atoms with Gasteiger partial charge in [-0.05, 0) is 13.8 Å². The average molecular weight is 352 g/mol. The summed E-state index contributed by atoms with van der Waals surface area (Å²) < 4.78 is 4.82. The molecule has 0 saturated heterocycles. The Morgan fingerprint density at radius 3 is 2.71 bits per heavy atom. The van der Waals surface area contributed by atoms with Crippen LogP contribution in [0.15, 0.2) is 15.0 Å².